The molecule has 6 nitrogen and oxygen atoms in total. The number of aromatic amines is 1. The molecular formula is C11H15N3O3. The second-order valence-electron chi connectivity index (χ2n) is 4.29. The molecule has 0 saturated carbocycles. The van der Waals surface area contributed by atoms with Crippen LogP contribution in [0.25, 0.3) is 0 Å². The molecule has 1 aliphatic heterocycles. The number of hydrogen-bond acceptors (Lipinski definition) is 4. The van der Waals surface area contributed by atoms with Crippen molar-refractivity contribution in [1.82, 2.24) is 15.1 Å². The highest BCUT2D eigenvalue weighted by Gasteiger charge is 2.38. The Labute approximate surface area is 98.9 Å². The van der Waals surface area contributed by atoms with Gasteiger partial charge in [0.1, 0.15) is 5.69 Å². The Kier molecular flexibility index (Phi) is 3.12. The number of amides is 1. The van der Waals surface area contributed by atoms with E-state index in [-0.39, 0.29) is 23.7 Å². The fourth-order valence-corrected chi connectivity index (χ4v) is 2.14. The monoisotopic (exact) mass is 237 g/mol. The number of aromatic nitrogens is 2. The van der Waals surface area contributed by atoms with E-state index in [0.29, 0.717) is 18.8 Å². The summed E-state index contributed by atoms with van der Waals surface area (Å²) in [5, 5.41) is 6.37. The van der Waals surface area contributed by atoms with Gasteiger partial charge in [0.05, 0.1) is 13.0 Å². The Balaban J connectivity index is 2.06. The van der Waals surface area contributed by atoms with Crippen molar-refractivity contribution in [3.8, 4) is 0 Å². The molecule has 1 fully saturated rings. The molecule has 2 unspecified atom stereocenters. The molecule has 2 atom stereocenters. The van der Waals surface area contributed by atoms with Crippen LogP contribution in [0.1, 0.15) is 17.4 Å². The molecule has 1 aromatic rings. The molecule has 1 N–H and O–H groups in total. The smallest absolute Gasteiger partial charge is 0.310 e. The molecule has 0 spiro atoms. The second kappa shape index (κ2) is 4.57. The third kappa shape index (κ3) is 2.15. The van der Waals surface area contributed by atoms with Crippen LogP contribution in [0.15, 0.2) is 12.3 Å². The van der Waals surface area contributed by atoms with Crippen LogP contribution < -0.4 is 0 Å². The Morgan fingerprint density at radius 3 is 2.88 bits per heavy atom. The number of carbonyl (C=O) groups excluding carboxylic acids is 2. The molecule has 92 valence electrons. The van der Waals surface area contributed by atoms with Crippen molar-refractivity contribution in [3.63, 3.8) is 0 Å². The van der Waals surface area contributed by atoms with Crippen molar-refractivity contribution < 1.29 is 14.3 Å². The maximum Gasteiger partial charge on any atom is 0.310 e. The SMILES string of the molecule is COC(=O)C1CN(C(=O)c2ccn[nH]2)CC1C. The molecule has 1 saturated heterocycles. The third-order valence-electron chi connectivity index (χ3n) is 3.13. The number of nitrogens with zero attached hydrogens (tertiary/aromatic N) is 2. The highest BCUT2D eigenvalue weighted by molar-refractivity contribution is 5.93. The number of likely N-dealkylation sites (tertiary alicyclic amines) is 1. The normalized spacial score (nSPS) is 23.8. The Morgan fingerprint density at radius 2 is 2.29 bits per heavy atom. The zero-order valence-corrected chi connectivity index (χ0v) is 9.84. The fraction of sp³-hybridized carbons (Fsp3) is 0.545. The summed E-state index contributed by atoms with van der Waals surface area (Å²) in [7, 11) is 1.37. The van der Waals surface area contributed by atoms with E-state index in [1.54, 1.807) is 11.0 Å². The van der Waals surface area contributed by atoms with Gasteiger partial charge in [-0.15, -0.1) is 0 Å². The van der Waals surface area contributed by atoms with Crippen LogP contribution in [-0.4, -0.2) is 47.2 Å². The molecule has 0 radical (unpaired) electrons. The van der Waals surface area contributed by atoms with E-state index in [1.165, 1.54) is 13.3 Å². The molecule has 0 aromatic carbocycles. The summed E-state index contributed by atoms with van der Waals surface area (Å²) in [6.07, 6.45) is 1.53. The lowest BCUT2D eigenvalue weighted by molar-refractivity contribution is -0.146. The van der Waals surface area contributed by atoms with Crippen molar-refractivity contribution in [1.29, 1.82) is 0 Å². The molecule has 1 aliphatic rings. The van der Waals surface area contributed by atoms with Crippen molar-refractivity contribution in [2.45, 2.75) is 6.92 Å². The first-order chi connectivity index (χ1) is 8.13. The summed E-state index contributed by atoms with van der Waals surface area (Å²) in [6.45, 7) is 2.92. The first-order valence-electron chi connectivity index (χ1n) is 5.50. The van der Waals surface area contributed by atoms with Crippen molar-refractivity contribution in [3.05, 3.63) is 18.0 Å². The average Bonchev–Trinajstić information content (AvgIpc) is 2.96. The molecule has 1 aromatic heterocycles. The molecule has 1 amide bonds. The van der Waals surface area contributed by atoms with Crippen molar-refractivity contribution >= 4 is 11.9 Å². The number of nitrogens with one attached hydrogen (secondary N) is 1. The maximum absolute atomic E-state index is 12.0. The number of carbonyl (C=O) groups is 2. The van der Waals surface area contributed by atoms with E-state index < -0.39 is 0 Å². The van der Waals surface area contributed by atoms with Gasteiger partial charge < -0.3 is 9.64 Å². The van der Waals surface area contributed by atoms with Crippen LogP contribution in [0.5, 0.6) is 0 Å². The van der Waals surface area contributed by atoms with Crippen LogP contribution >= 0.6 is 0 Å². The van der Waals surface area contributed by atoms with Gasteiger partial charge in [-0.1, -0.05) is 6.92 Å². The summed E-state index contributed by atoms with van der Waals surface area (Å²) in [4.78, 5) is 25.2. The lowest BCUT2D eigenvalue weighted by Crippen LogP contribution is -2.30. The Bertz CT molecular complexity index is 416. The molecule has 2 rings (SSSR count). The standard InChI is InChI=1S/C11H15N3O3/c1-7-5-14(6-8(7)11(16)17-2)10(15)9-3-4-12-13-9/h3-4,7-8H,5-6H2,1-2H3,(H,12,13). The number of hydrogen-bond donors (Lipinski definition) is 1. The quantitative estimate of drug-likeness (QED) is 0.750. The summed E-state index contributed by atoms with van der Waals surface area (Å²) < 4.78 is 4.73. The van der Waals surface area contributed by atoms with Gasteiger partial charge in [0.15, 0.2) is 0 Å². The maximum atomic E-state index is 12.0. The topological polar surface area (TPSA) is 75.3 Å². The minimum atomic E-state index is -0.252. The van der Waals surface area contributed by atoms with E-state index in [1.807, 2.05) is 6.92 Å². The minimum absolute atomic E-state index is 0.120. The predicted molar refractivity (Wildman–Crippen MR) is 59.2 cm³/mol. The van der Waals surface area contributed by atoms with E-state index in [0.717, 1.165) is 0 Å². The highest BCUT2D eigenvalue weighted by atomic mass is 16.5. The van der Waals surface area contributed by atoms with Gasteiger partial charge in [-0.25, -0.2) is 0 Å². The van der Waals surface area contributed by atoms with Gasteiger partial charge in [0, 0.05) is 19.3 Å². The van der Waals surface area contributed by atoms with Crippen LogP contribution in [0, 0.1) is 11.8 Å². The molecule has 2 heterocycles. The second-order valence-corrected chi connectivity index (χ2v) is 4.29. The van der Waals surface area contributed by atoms with E-state index in [9.17, 15) is 9.59 Å². The summed E-state index contributed by atoms with van der Waals surface area (Å²) >= 11 is 0. The zero-order valence-electron chi connectivity index (χ0n) is 9.84. The lowest BCUT2D eigenvalue weighted by atomic mass is 9.99. The summed E-state index contributed by atoms with van der Waals surface area (Å²) in [5.74, 6) is -0.487. The van der Waals surface area contributed by atoms with Crippen LogP contribution in [0.4, 0.5) is 0 Å². The molecule has 6 heteroatoms. The largest absolute Gasteiger partial charge is 0.469 e. The van der Waals surface area contributed by atoms with Crippen molar-refractivity contribution in [2.24, 2.45) is 11.8 Å². The molecule has 0 bridgehead atoms. The number of ether oxygens (including phenoxy) is 1. The molecule has 17 heavy (non-hydrogen) atoms. The Morgan fingerprint density at radius 1 is 1.53 bits per heavy atom. The van der Waals surface area contributed by atoms with E-state index >= 15 is 0 Å². The summed E-state index contributed by atoms with van der Waals surface area (Å²) in [5.41, 5.74) is 0.447. The highest BCUT2D eigenvalue weighted by Crippen LogP contribution is 2.25. The lowest BCUT2D eigenvalue weighted by Gasteiger charge is -2.14. The van der Waals surface area contributed by atoms with Crippen LogP contribution in [0.2, 0.25) is 0 Å². The fourth-order valence-electron chi connectivity index (χ4n) is 2.14. The minimum Gasteiger partial charge on any atom is -0.469 e. The third-order valence-corrected chi connectivity index (χ3v) is 3.13. The number of esters is 1. The molecular weight excluding hydrogens is 222 g/mol. The van der Waals surface area contributed by atoms with Gasteiger partial charge in [-0.05, 0) is 12.0 Å². The van der Waals surface area contributed by atoms with Crippen LogP contribution in [-0.2, 0) is 9.53 Å². The Hall–Kier alpha value is -1.85. The van der Waals surface area contributed by atoms with Gasteiger partial charge in [-0.3, -0.25) is 14.7 Å². The van der Waals surface area contributed by atoms with Crippen LogP contribution in [0.3, 0.4) is 0 Å². The predicted octanol–water partition coefficient (Wildman–Crippen LogP) is 0.291. The number of rotatable bonds is 2. The van der Waals surface area contributed by atoms with E-state index in [2.05, 4.69) is 10.2 Å². The first-order valence-corrected chi connectivity index (χ1v) is 5.50. The zero-order chi connectivity index (χ0) is 12.4. The first kappa shape index (κ1) is 11.6. The van der Waals surface area contributed by atoms with Gasteiger partial charge >= 0.3 is 5.97 Å². The van der Waals surface area contributed by atoms with Crippen molar-refractivity contribution in [2.75, 3.05) is 20.2 Å². The van der Waals surface area contributed by atoms with E-state index in [4.69, 9.17) is 4.74 Å². The summed E-state index contributed by atoms with van der Waals surface area (Å²) in [6, 6.07) is 1.62. The average molecular weight is 237 g/mol. The van der Waals surface area contributed by atoms with Gasteiger partial charge in [0.25, 0.3) is 5.91 Å². The number of methoxy groups -OCH3 is 1. The molecule has 0 aliphatic carbocycles. The van der Waals surface area contributed by atoms with Gasteiger partial charge in [-0.2, -0.15) is 5.10 Å². The number of H-pyrrole nitrogens is 1. The van der Waals surface area contributed by atoms with Gasteiger partial charge in [0.2, 0.25) is 0 Å².